The number of carbonyl (C=O) groups excluding carboxylic acids is 1. The largest absolute Gasteiger partial charge is 0.494 e. The highest BCUT2D eigenvalue weighted by Crippen LogP contribution is 2.21. The number of hydrogen-bond acceptors (Lipinski definition) is 6. The molecule has 3 aromatic rings. The van der Waals surface area contributed by atoms with E-state index in [1.807, 2.05) is 55.5 Å². The zero-order chi connectivity index (χ0) is 19.1. The minimum Gasteiger partial charge on any atom is -0.494 e. The van der Waals surface area contributed by atoms with Crippen LogP contribution in [0.25, 0.3) is 0 Å². The van der Waals surface area contributed by atoms with E-state index in [0.29, 0.717) is 24.1 Å². The number of carbonyl (C=O) groups is 1. The molecule has 0 atom stereocenters. The number of hydrogen-bond donors (Lipinski definition) is 3. The number of aromatic nitrogens is 2. The summed E-state index contributed by atoms with van der Waals surface area (Å²) in [5, 5.41) is 9.12. The van der Waals surface area contributed by atoms with Crippen molar-refractivity contribution in [1.82, 2.24) is 9.97 Å². The van der Waals surface area contributed by atoms with Gasteiger partial charge in [0.15, 0.2) is 0 Å². The Morgan fingerprint density at radius 2 is 1.78 bits per heavy atom. The van der Waals surface area contributed by atoms with E-state index in [1.54, 1.807) is 12.3 Å². The summed E-state index contributed by atoms with van der Waals surface area (Å²) in [6.07, 6.45) is 1.67. The van der Waals surface area contributed by atoms with E-state index in [2.05, 4.69) is 25.9 Å². The average molecular weight is 363 g/mol. The lowest BCUT2D eigenvalue weighted by Gasteiger charge is -2.10. The van der Waals surface area contributed by atoms with Crippen LogP contribution >= 0.6 is 0 Å². The second kappa shape index (κ2) is 8.66. The molecule has 0 aliphatic heterocycles. The van der Waals surface area contributed by atoms with E-state index in [4.69, 9.17) is 4.74 Å². The van der Waals surface area contributed by atoms with Gasteiger partial charge in [-0.05, 0) is 55.5 Å². The van der Waals surface area contributed by atoms with Gasteiger partial charge >= 0.3 is 0 Å². The molecule has 7 nitrogen and oxygen atoms in total. The molecule has 3 rings (SSSR count). The quantitative estimate of drug-likeness (QED) is 0.579. The monoisotopic (exact) mass is 363 g/mol. The predicted octanol–water partition coefficient (Wildman–Crippen LogP) is 4.32. The third-order valence-electron chi connectivity index (χ3n) is 3.53. The minimum absolute atomic E-state index is 0.115. The van der Waals surface area contributed by atoms with Gasteiger partial charge in [-0.2, -0.15) is 4.98 Å². The van der Waals surface area contributed by atoms with E-state index >= 15 is 0 Å². The molecule has 1 amide bonds. The maximum Gasteiger partial charge on any atom is 0.229 e. The van der Waals surface area contributed by atoms with Crippen molar-refractivity contribution in [2.75, 3.05) is 22.6 Å². The number of nitrogens with one attached hydrogen (secondary N) is 3. The van der Waals surface area contributed by atoms with E-state index in [-0.39, 0.29) is 5.91 Å². The lowest BCUT2D eigenvalue weighted by atomic mass is 10.2. The first-order chi connectivity index (χ1) is 13.1. The molecule has 0 aliphatic carbocycles. The zero-order valence-corrected chi connectivity index (χ0v) is 15.2. The molecule has 2 aromatic carbocycles. The number of rotatable bonds is 7. The Bertz CT molecular complexity index is 912. The van der Waals surface area contributed by atoms with Crippen molar-refractivity contribution in [3.05, 3.63) is 60.8 Å². The van der Waals surface area contributed by atoms with Gasteiger partial charge < -0.3 is 20.7 Å². The lowest BCUT2D eigenvalue weighted by Crippen LogP contribution is -2.06. The molecule has 0 saturated heterocycles. The van der Waals surface area contributed by atoms with Gasteiger partial charge in [-0.25, -0.2) is 4.98 Å². The van der Waals surface area contributed by atoms with Crippen LogP contribution in [0.5, 0.6) is 5.75 Å². The Kier molecular flexibility index (Phi) is 5.84. The average Bonchev–Trinajstić information content (AvgIpc) is 2.64. The second-order valence-corrected chi connectivity index (χ2v) is 5.73. The summed E-state index contributed by atoms with van der Waals surface area (Å²) in [6.45, 7) is 4.06. The van der Waals surface area contributed by atoms with Crippen LogP contribution in [0.4, 0.5) is 28.8 Å². The molecule has 0 saturated carbocycles. The van der Waals surface area contributed by atoms with Crippen molar-refractivity contribution in [2.45, 2.75) is 13.8 Å². The summed E-state index contributed by atoms with van der Waals surface area (Å²) in [5.41, 5.74) is 2.39. The van der Waals surface area contributed by atoms with E-state index < -0.39 is 0 Å². The van der Waals surface area contributed by atoms with Crippen LogP contribution in [0.15, 0.2) is 60.8 Å². The summed E-state index contributed by atoms with van der Waals surface area (Å²) in [4.78, 5) is 19.9. The number of amides is 1. The van der Waals surface area contributed by atoms with Crippen molar-refractivity contribution in [1.29, 1.82) is 0 Å². The second-order valence-electron chi connectivity index (χ2n) is 5.73. The molecule has 0 unspecified atom stereocenters. The number of anilines is 5. The summed E-state index contributed by atoms with van der Waals surface area (Å²) >= 11 is 0. The molecule has 1 aromatic heterocycles. The first-order valence-electron chi connectivity index (χ1n) is 8.60. The smallest absolute Gasteiger partial charge is 0.229 e. The topological polar surface area (TPSA) is 88.2 Å². The van der Waals surface area contributed by atoms with Gasteiger partial charge in [0.25, 0.3) is 0 Å². The van der Waals surface area contributed by atoms with E-state index in [1.165, 1.54) is 6.92 Å². The van der Waals surface area contributed by atoms with Crippen LogP contribution in [-0.4, -0.2) is 22.5 Å². The highest BCUT2D eigenvalue weighted by atomic mass is 16.5. The summed E-state index contributed by atoms with van der Waals surface area (Å²) in [5.74, 6) is 1.81. The van der Waals surface area contributed by atoms with E-state index in [0.717, 1.165) is 17.1 Å². The molecule has 0 fully saturated rings. The first-order valence-corrected chi connectivity index (χ1v) is 8.60. The third-order valence-corrected chi connectivity index (χ3v) is 3.53. The van der Waals surface area contributed by atoms with Gasteiger partial charge in [0.1, 0.15) is 11.6 Å². The fourth-order valence-electron chi connectivity index (χ4n) is 2.44. The summed E-state index contributed by atoms with van der Waals surface area (Å²) in [7, 11) is 0. The van der Waals surface area contributed by atoms with Crippen molar-refractivity contribution < 1.29 is 9.53 Å². The Balaban J connectivity index is 1.69. The van der Waals surface area contributed by atoms with Crippen LogP contribution in [0.1, 0.15) is 13.8 Å². The van der Waals surface area contributed by atoms with E-state index in [9.17, 15) is 4.79 Å². The molecule has 138 valence electrons. The molecule has 1 heterocycles. The van der Waals surface area contributed by atoms with Crippen LogP contribution in [0.2, 0.25) is 0 Å². The number of benzene rings is 2. The maximum absolute atomic E-state index is 11.2. The Morgan fingerprint density at radius 3 is 2.52 bits per heavy atom. The Labute approximate surface area is 157 Å². The third kappa shape index (κ3) is 5.43. The van der Waals surface area contributed by atoms with Gasteiger partial charge in [0.05, 0.1) is 6.61 Å². The van der Waals surface area contributed by atoms with Gasteiger partial charge in [-0.1, -0.05) is 6.07 Å². The van der Waals surface area contributed by atoms with Gasteiger partial charge in [0, 0.05) is 30.2 Å². The fourth-order valence-corrected chi connectivity index (χ4v) is 2.44. The molecule has 27 heavy (non-hydrogen) atoms. The molecule has 0 aliphatic rings. The molecule has 0 radical (unpaired) electrons. The normalized spacial score (nSPS) is 10.1. The standard InChI is InChI=1S/C20H21N5O2/c1-3-27-18-9-7-15(8-10-18)24-20-21-12-11-19(25-20)23-17-6-4-5-16(13-17)22-14(2)26/h4-13H,3H2,1-2H3,(H,22,26)(H2,21,23,24,25). The molecule has 0 bridgehead atoms. The van der Waals surface area contributed by atoms with Gasteiger partial charge in [-0.3, -0.25) is 4.79 Å². The Hall–Kier alpha value is -3.61. The van der Waals surface area contributed by atoms with Crippen molar-refractivity contribution in [3.8, 4) is 5.75 Å². The highest BCUT2D eigenvalue weighted by molar-refractivity contribution is 5.89. The van der Waals surface area contributed by atoms with Crippen molar-refractivity contribution in [2.24, 2.45) is 0 Å². The number of ether oxygens (including phenoxy) is 1. The predicted molar refractivity (Wildman–Crippen MR) is 107 cm³/mol. The van der Waals surface area contributed by atoms with Crippen molar-refractivity contribution in [3.63, 3.8) is 0 Å². The minimum atomic E-state index is -0.115. The lowest BCUT2D eigenvalue weighted by molar-refractivity contribution is -0.114. The van der Waals surface area contributed by atoms with Crippen LogP contribution in [0.3, 0.4) is 0 Å². The molecular formula is C20H21N5O2. The summed E-state index contributed by atoms with van der Waals surface area (Å²) in [6, 6.07) is 16.8. The van der Waals surface area contributed by atoms with Crippen LogP contribution in [0, 0.1) is 0 Å². The Morgan fingerprint density at radius 1 is 1.00 bits per heavy atom. The van der Waals surface area contributed by atoms with Crippen LogP contribution < -0.4 is 20.7 Å². The first kappa shape index (κ1) is 18.2. The molecule has 0 spiro atoms. The van der Waals surface area contributed by atoms with Crippen molar-refractivity contribution >= 4 is 34.7 Å². The molecule has 7 heteroatoms. The molecule has 3 N–H and O–H groups in total. The van der Waals surface area contributed by atoms with Crippen LogP contribution in [-0.2, 0) is 4.79 Å². The fraction of sp³-hybridized carbons (Fsp3) is 0.150. The maximum atomic E-state index is 11.2. The highest BCUT2D eigenvalue weighted by Gasteiger charge is 2.03. The zero-order valence-electron chi connectivity index (χ0n) is 15.2. The summed E-state index contributed by atoms with van der Waals surface area (Å²) < 4.78 is 5.43. The van der Waals surface area contributed by atoms with Gasteiger partial charge in [0.2, 0.25) is 11.9 Å². The SMILES string of the molecule is CCOc1ccc(Nc2nccc(Nc3cccc(NC(C)=O)c3)n2)cc1. The molecular weight excluding hydrogens is 342 g/mol. The van der Waals surface area contributed by atoms with Gasteiger partial charge in [-0.15, -0.1) is 0 Å². The number of nitrogens with zero attached hydrogens (tertiary/aromatic N) is 2.